The third-order valence-electron chi connectivity index (χ3n) is 2.38. The fourth-order valence-electron chi connectivity index (χ4n) is 1.53. The summed E-state index contributed by atoms with van der Waals surface area (Å²) in [5, 5.41) is 8.55. The van der Waals surface area contributed by atoms with Gasteiger partial charge in [0.2, 0.25) is 0 Å². The monoisotopic (exact) mass is 239 g/mol. The van der Waals surface area contributed by atoms with Crippen LogP contribution in [-0.4, -0.2) is 31.5 Å². The van der Waals surface area contributed by atoms with Gasteiger partial charge in [-0.2, -0.15) is 0 Å². The molecular weight excluding hydrogens is 218 g/mol. The lowest BCUT2D eigenvalue weighted by Crippen LogP contribution is -2.12. The number of hydrogen-bond acceptors (Lipinski definition) is 4. The lowest BCUT2D eigenvalue weighted by Gasteiger charge is -2.14. The molecule has 1 atom stereocenters. The third kappa shape index (κ3) is 4.73. The Bertz CT molecular complexity index is 339. The van der Waals surface area contributed by atoms with Crippen LogP contribution >= 0.6 is 0 Å². The van der Waals surface area contributed by atoms with E-state index in [1.165, 1.54) is 5.56 Å². The molecule has 4 heteroatoms. The Morgan fingerprint density at radius 2 is 2.06 bits per heavy atom. The molecule has 0 radical (unpaired) electrons. The lowest BCUT2D eigenvalue weighted by atomic mass is 10.1. The van der Waals surface area contributed by atoms with E-state index >= 15 is 0 Å². The van der Waals surface area contributed by atoms with E-state index in [1.54, 1.807) is 0 Å². The molecule has 0 aliphatic rings. The fraction of sp³-hybridized carbons (Fsp3) is 0.538. The SMILES string of the molecule is Cc1ccc(OCCOCCO)c([C@H](C)N)c1. The largest absolute Gasteiger partial charge is 0.491 e. The van der Waals surface area contributed by atoms with Crippen molar-refractivity contribution < 1.29 is 14.6 Å². The molecule has 1 rings (SSSR count). The molecule has 0 aliphatic carbocycles. The van der Waals surface area contributed by atoms with Crippen LogP contribution in [0.2, 0.25) is 0 Å². The highest BCUT2D eigenvalue weighted by Crippen LogP contribution is 2.24. The molecule has 1 aromatic carbocycles. The second-order valence-corrected chi connectivity index (χ2v) is 4.01. The summed E-state index contributed by atoms with van der Waals surface area (Å²) < 4.78 is 10.7. The van der Waals surface area contributed by atoms with Gasteiger partial charge in [-0.25, -0.2) is 0 Å². The zero-order chi connectivity index (χ0) is 12.7. The smallest absolute Gasteiger partial charge is 0.124 e. The maximum absolute atomic E-state index is 8.55. The van der Waals surface area contributed by atoms with Crippen molar-refractivity contribution in [3.05, 3.63) is 29.3 Å². The van der Waals surface area contributed by atoms with E-state index in [1.807, 2.05) is 32.0 Å². The molecular formula is C13H21NO3. The van der Waals surface area contributed by atoms with Gasteiger partial charge in [0.15, 0.2) is 0 Å². The summed E-state index contributed by atoms with van der Waals surface area (Å²) in [6.45, 7) is 5.27. The normalized spacial score (nSPS) is 12.5. The van der Waals surface area contributed by atoms with Gasteiger partial charge in [0, 0.05) is 11.6 Å². The Balaban J connectivity index is 2.52. The van der Waals surface area contributed by atoms with E-state index in [0.29, 0.717) is 19.8 Å². The van der Waals surface area contributed by atoms with Gasteiger partial charge in [-0.05, 0) is 19.9 Å². The zero-order valence-corrected chi connectivity index (χ0v) is 10.5. The molecule has 1 aromatic rings. The molecule has 0 unspecified atom stereocenters. The first-order chi connectivity index (χ1) is 8.15. The summed E-state index contributed by atoms with van der Waals surface area (Å²) in [7, 11) is 0. The standard InChI is InChI=1S/C13H21NO3/c1-10-3-4-13(12(9-10)11(2)14)17-8-7-16-6-5-15/h3-4,9,11,15H,5-8,14H2,1-2H3/t11-/m0/s1. The van der Waals surface area contributed by atoms with Crippen LogP contribution < -0.4 is 10.5 Å². The quantitative estimate of drug-likeness (QED) is 0.706. The first kappa shape index (κ1) is 14.0. The molecule has 3 N–H and O–H groups in total. The maximum Gasteiger partial charge on any atom is 0.124 e. The zero-order valence-electron chi connectivity index (χ0n) is 10.5. The van der Waals surface area contributed by atoms with Gasteiger partial charge < -0.3 is 20.3 Å². The highest BCUT2D eigenvalue weighted by molar-refractivity contribution is 5.38. The number of hydrogen-bond donors (Lipinski definition) is 2. The maximum atomic E-state index is 8.55. The summed E-state index contributed by atoms with van der Waals surface area (Å²) in [6.07, 6.45) is 0. The van der Waals surface area contributed by atoms with E-state index in [4.69, 9.17) is 20.3 Å². The van der Waals surface area contributed by atoms with Crippen LogP contribution in [0, 0.1) is 6.92 Å². The second kappa shape index (κ2) is 7.27. The molecule has 0 fully saturated rings. The van der Waals surface area contributed by atoms with Gasteiger partial charge in [0.1, 0.15) is 12.4 Å². The van der Waals surface area contributed by atoms with Crippen LogP contribution in [0.1, 0.15) is 24.1 Å². The molecule has 0 heterocycles. The van der Waals surface area contributed by atoms with Gasteiger partial charge >= 0.3 is 0 Å². The number of nitrogens with two attached hydrogens (primary N) is 1. The number of aliphatic hydroxyl groups excluding tert-OH is 1. The van der Waals surface area contributed by atoms with Crippen molar-refractivity contribution in [1.29, 1.82) is 0 Å². The summed E-state index contributed by atoms with van der Waals surface area (Å²) >= 11 is 0. The third-order valence-corrected chi connectivity index (χ3v) is 2.38. The van der Waals surface area contributed by atoms with E-state index < -0.39 is 0 Å². The van der Waals surface area contributed by atoms with Crippen molar-refractivity contribution in [2.45, 2.75) is 19.9 Å². The van der Waals surface area contributed by atoms with E-state index in [-0.39, 0.29) is 12.6 Å². The minimum atomic E-state index is -0.0525. The Morgan fingerprint density at radius 3 is 2.71 bits per heavy atom. The Hall–Kier alpha value is -1.10. The molecule has 0 aromatic heterocycles. The van der Waals surface area contributed by atoms with Crippen molar-refractivity contribution in [1.82, 2.24) is 0 Å². The van der Waals surface area contributed by atoms with Crippen LogP contribution in [-0.2, 0) is 4.74 Å². The van der Waals surface area contributed by atoms with E-state index in [9.17, 15) is 0 Å². The number of aliphatic hydroxyl groups is 1. The van der Waals surface area contributed by atoms with Crippen LogP contribution in [0.3, 0.4) is 0 Å². The lowest BCUT2D eigenvalue weighted by molar-refractivity contribution is 0.0702. The summed E-state index contributed by atoms with van der Waals surface area (Å²) in [4.78, 5) is 0. The fourth-order valence-corrected chi connectivity index (χ4v) is 1.53. The highest BCUT2D eigenvalue weighted by Gasteiger charge is 2.08. The summed E-state index contributed by atoms with van der Waals surface area (Å²) in [6, 6.07) is 5.91. The first-order valence-corrected chi connectivity index (χ1v) is 5.82. The summed E-state index contributed by atoms with van der Waals surface area (Å²) in [5.74, 6) is 0.804. The molecule has 96 valence electrons. The predicted molar refractivity (Wildman–Crippen MR) is 67.2 cm³/mol. The van der Waals surface area contributed by atoms with Gasteiger partial charge in [0.05, 0.1) is 19.8 Å². The summed E-state index contributed by atoms with van der Waals surface area (Å²) in [5.41, 5.74) is 8.07. The number of ether oxygens (including phenoxy) is 2. The first-order valence-electron chi connectivity index (χ1n) is 5.82. The average Bonchev–Trinajstić information content (AvgIpc) is 2.30. The molecule has 0 bridgehead atoms. The van der Waals surface area contributed by atoms with Gasteiger partial charge in [-0.15, -0.1) is 0 Å². The van der Waals surface area contributed by atoms with E-state index in [0.717, 1.165) is 11.3 Å². The number of aryl methyl sites for hydroxylation is 1. The van der Waals surface area contributed by atoms with Crippen LogP contribution in [0.5, 0.6) is 5.75 Å². The van der Waals surface area contributed by atoms with Crippen molar-refractivity contribution in [3.8, 4) is 5.75 Å². The Kier molecular flexibility index (Phi) is 5.97. The van der Waals surface area contributed by atoms with Crippen molar-refractivity contribution in [2.75, 3.05) is 26.4 Å². The van der Waals surface area contributed by atoms with Crippen molar-refractivity contribution in [2.24, 2.45) is 5.73 Å². The number of benzene rings is 1. The minimum absolute atomic E-state index is 0.0373. The topological polar surface area (TPSA) is 64.7 Å². The second-order valence-electron chi connectivity index (χ2n) is 4.01. The van der Waals surface area contributed by atoms with Crippen LogP contribution in [0.4, 0.5) is 0 Å². The predicted octanol–water partition coefficient (Wildman–Crippen LogP) is 1.40. The molecule has 17 heavy (non-hydrogen) atoms. The molecule has 0 amide bonds. The average molecular weight is 239 g/mol. The molecule has 0 aliphatic heterocycles. The van der Waals surface area contributed by atoms with Crippen LogP contribution in [0.15, 0.2) is 18.2 Å². The van der Waals surface area contributed by atoms with Gasteiger partial charge in [-0.1, -0.05) is 17.7 Å². The van der Waals surface area contributed by atoms with Gasteiger partial charge in [-0.3, -0.25) is 0 Å². The minimum Gasteiger partial charge on any atom is -0.491 e. The molecule has 4 nitrogen and oxygen atoms in total. The van der Waals surface area contributed by atoms with E-state index in [2.05, 4.69) is 0 Å². The highest BCUT2D eigenvalue weighted by atomic mass is 16.5. The molecule has 0 saturated heterocycles. The van der Waals surface area contributed by atoms with Gasteiger partial charge in [0.25, 0.3) is 0 Å². The van der Waals surface area contributed by atoms with Crippen molar-refractivity contribution in [3.63, 3.8) is 0 Å². The number of rotatable bonds is 7. The molecule has 0 saturated carbocycles. The Labute approximate surface area is 102 Å². The van der Waals surface area contributed by atoms with Crippen molar-refractivity contribution >= 4 is 0 Å². The molecule has 0 spiro atoms. The Morgan fingerprint density at radius 1 is 1.29 bits per heavy atom. The van der Waals surface area contributed by atoms with Crippen LogP contribution in [0.25, 0.3) is 0 Å².